The monoisotopic (exact) mass is 313 g/mol. The summed E-state index contributed by atoms with van der Waals surface area (Å²) in [6.07, 6.45) is 0. The minimum absolute atomic E-state index is 0.0166. The maximum absolute atomic E-state index is 12.1. The first-order chi connectivity index (χ1) is 9.47. The highest BCUT2D eigenvalue weighted by molar-refractivity contribution is 7.11. The van der Waals surface area contributed by atoms with Crippen LogP contribution < -0.4 is 21.2 Å². The third-order valence-electron chi connectivity index (χ3n) is 2.38. The molecule has 0 aromatic carbocycles. The maximum atomic E-state index is 12.1. The number of aromatic amines is 1. The molecule has 0 atom stereocenters. The quantitative estimate of drug-likeness (QED) is 0.663. The topological polar surface area (TPSA) is 113 Å². The number of aromatic nitrogens is 2. The second-order valence-corrected chi connectivity index (χ2v) is 6.04. The Morgan fingerprint density at radius 1 is 1.55 bits per heavy atom. The van der Waals surface area contributed by atoms with Crippen molar-refractivity contribution >= 4 is 39.6 Å². The van der Waals surface area contributed by atoms with Gasteiger partial charge in [-0.1, -0.05) is 11.3 Å². The minimum Gasteiger partial charge on any atom is -0.382 e. The molecule has 5 N–H and O–H groups in total. The average Bonchev–Trinajstić information content (AvgIpc) is 2.92. The van der Waals surface area contributed by atoms with E-state index in [1.54, 1.807) is 5.38 Å². The Morgan fingerprint density at radius 3 is 2.90 bits per heavy atom. The van der Waals surface area contributed by atoms with E-state index in [1.165, 1.54) is 0 Å². The highest BCUT2D eigenvalue weighted by Gasteiger charge is 2.19. The molecule has 0 aliphatic heterocycles. The van der Waals surface area contributed by atoms with Gasteiger partial charge in [0.05, 0.1) is 6.54 Å². The molecule has 2 aromatic heterocycles. The van der Waals surface area contributed by atoms with Crippen LogP contribution in [0, 0.1) is 0 Å². The van der Waals surface area contributed by atoms with Crippen molar-refractivity contribution in [3.8, 4) is 0 Å². The highest BCUT2D eigenvalue weighted by Crippen LogP contribution is 2.27. The third kappa shape index (κ3) is 3.36. The van der Waals surface area contributed by atoms with Crippen LogP contribution in [-0.2, 0) is 6.54 Å². The molecule has 1 amide bonds. The second kappa shape index (κ2) is 6.06. The van der Waals surface area contributed by atoms with Crippen LogP contribution >= 0.6 is 22.9 Å². The highest BCUT2D eigenvalue weighted by atomic mass is 32.1. The van der Waals surface area contributed by atoms with Crippen molar-refractivity contribution in [3.05, 3.63) is 26.3 Å². The predicted molar refractivity (Wildman–Crippen MR) is 81.4 cm³/mol. The molecule has 20 heavy (non-hydrogen) atoms. The van der Waals surface area contributed by atoms with Gasteiger partial charge < -0.3 is 21.4 Å². The fraction of sp³-hybridized carbons (Fsp3) is 0.364. The van der Waals surface area contributed by atoms with Crippen LogP contribution in [0.5, 0.6) is 0 Å². The number of nitrogens with one attached hydrogen (secondary N) is 3. The number of nitrogens with two attached hydrogens (primary N) is 1. The SMILES string of the molecule is CC(C)NC(=O)c1c(N)nsc1NCc1csc(=O)[nH]1. The normalized spacial score (nSPS) is 10.8. The van der Waals surface area contributed by atoms with Gasteiger partial charge in [-0.25, -0.2) is 0 Å². The average molecular weight is 313 g/mol. The zero-order chi connectivity index (χ0) is 14.7. The Bertz CT molecular complexity index is 658. The van der Waals surface area contributed by atoms with Gasteiger partial charge in [-0.3, -0.25) is 9.59 Å². The molecular formula is C11H15N5O2S2. The largest absolute Gasteiger partial charge is 0.382 e. The zero-order valence-electron chi connectivity index (χ0n) is 11.0. The van der Waals surface area contributed by atoms with Gasteiger partial charge in [-0.15, -0.1) is 0 Å². The van der Waals surface area contributed by atoms with Crippen LogP contribution in [0.4, 0.5) is 10.8 Å². The third-order valence-corrected chi connectivity index (χ3v) is 3.91. The van der Waals surface area contributed by atoms with Crippen LogP contribution in [0.3, 0.4) is 0 Å². The number of thiazole rings is 1. The lowest BCUT2D eigenvalue weighted by Crippen LogP contribution is -2.30. The van der Waals surface area contributed by atoms with Crippen molar-refractivity contribution in [1.82, 2.24) is 14.7 Å². The van der Waals surface area contributed by atoms with Crippen molar-refractivity contribution in [2.45, 2.75) is 26.4 Å². The molecule has 0 saturated carbocycles. The van der Waals surface area contributed by atoms with E-state index in [0.29, 0.717) is 17.1 Å². The molecule has 0 aliphatic rings. The molecule has 0 bridgehead atoms. The lowest BCUT2D eigenvalue weighted by molar-refractivity contribution is 0.0945. The summed E-state index contributed by atoms with van der Waals surface area (Å²) in [5.74, 6) is -0.0537. The Hall–Kier alpha value is -1.87. The molecule has 0 fully saturated rings. The zero-order valence-corrected chi connectivity index (χ0v) is 12.7. The summed E-state index contributed by atoms with van der Waals surface area (Å²) in [7, 11) is 0. The Morgan fingerprint density at radius 2 is 2.30 bits per heavy atom. The van der Waals surface area contributed by atoms with Gasteiger partial charge >= 0.3 is 4.87 Å². The fourth-order valence-electron chi connectivity index (χ4n) is 1.55. The molecule has 0 aliphatic carbocycles. The summed E-state index contributed by atoms with van der Waals surface area (Å²) < 4.78 is 3.99. The molecule has 108 valence electrons. The van der Waals surface area contributed by atoms with Crippen molar-refractivity contribution in [3.63, 3.8) is 0 Å². The molecule has 0 spiro atoms. The Kier molecular flexibility index (Phi) is 4.40. The summed E-state index contributed by atoms with van der Waals surface area (Å²) in [4.78, 5) is 25.7. The van der Waals surface area contributed by atoms with Gasteiger partial charge in [0.1, 0.15) is 10.6 Å². The van der Waals surface area contributed by atoms with Crippen molar-refractivity contribution in [2.24, 2.45) is 0 Å². The molecule has 2 heterocycles. The summed E-state index contributed by atoms with van der Waals surface area (Å²) in [6.45, 7) is 4.15. The number of carbonyl (C=O) groups excluding carboxylic acids is 1. The van der Waals surface area contributed by atoms with Crippen LogP contribution in [0.25, 0.3) is 0 Å². The fourth-order valence-corrected chi connectivity index (χ4v) is 2.84. The van der Waals surface area contributed by atoms with E-state index in [9.17, 15) is 9.59 Å². The number of nitrogens with zero attached hydrogens (tertiary/aromatic N) is 1. The van der Waals surface area contributed by atoms with E-state index in [2.05, 4.69) is 20.0 Å². The number of rotatable bonds is 5. The minimum atomic E-state index is -0.257. The molecule has 9 heteroatoms. The first kappa shape index (κ1) is 14.5. The number of hydrogen-bond donors (Lipinski definition) is 4. The molecule has 0 unspecified atom stereocenters. The molecule has 0 radical (unpaired) electrons. The second-order valence-electron chi connectivity index (χ2n) is 4.43. The van der Waals surface area contributed by atoms with Crippen LogP contribution in [0.1, 0.15) is 29.9 Å². The Labute approximate surface area is 123 Å². The number of hydrogen-bond acceptors (Lipinski definition) is 7. The summed E-state index contributed by atoms with van der Waals surface area (Å²) >= 11 is 2.22. The van der Waals surface area contributed by atoms with Gasteiger partial charge in [-0.2, -0.15) is 4.37 Å². The van der Waals surface area contributed by atoms with Crippen molar-refractivity contribution in [2.75, 3.05) is 11.1 Å². The van der Waals surface area contributed by atoms with E-state index in [4.69, 9.17) is 5.73 Å². The molecule has 0 saturated heterocycles. The maximum Gasteiger partial charge on any atom is 0.304 e. The molecule has 7 nitrogen and oxygen atoms in total. The standard InChI is InChI=1S/C11H15N5O2S2/c1-5(2)14-9(17)7-8(12)16-20-10(7)13-3-6-4-19-11(18)15-6/h4-5,13H,3H2,1-2H3,(H2,12,16)(H,14,17)(H,15,18). The van der Waals surface area contributed by atoms with Crippen molar-refractivity contribution < 1.29 is 4.79 Å². The van der Waals surface area contributed by atoms with Gasteiger partial charge in [0.2, 0.25) is 0 Å². The lowest BCUT2D eigenvalue weighted by Gasteiger charge is -2.09. The first-order valence-corrected chi connectivity index (χ1v) is 7.59. The summed E-state index contributed by atoms with van der Waals surface area (Å²) in [6, 6.07) is 0.0166. The number of carbonyl (C=O) groups is 1. The number of amides is 1. The number of nitrogen functional groups attached to an aromatic ring is 1. The van der Waals surface area contributed by atoms with Gasteiger partial charge in [0, 0.05) is 17.1 Å². The van der Waals surface area contributed by atoms with Crippen LogP contribution in [-0.4, -0.2) is 21.3 Å². The summed E-state index contributed by atoms with van der Waals surface area (Å²) in [5, 5.41) is 8.17. The summed E-state index contributed by atoms with van der Waals surface area (Å²) in [5.41, 5.74) is 6.83. The van der Waals surface area contributed by atoms with Crippen LogP contribution in [0.2, 0.25) is 0 Å². The van der Waals surface area contributed by atoms with Gasteiger partial charge in [0.15, 0.2) is 5.82 Å². The van der Waals surface area contributed by atoms with E-state index in [-0.39, 0.29) is 22.6 Å². The van der Waals surface area contributed by atoms with E-state index >= 15 is 0 Å². The van der Waals surface area contributed by atoms with E-state index in [0.717, 1.165) is 28.6 Å². The lowest BCUT2D eigenvalue weighted by atomic mass is 10.2. The Balaban J connectivity index is 2.12. The number of H-pyrrole nitrogens is 1. The van der Waals surface area contributed by atoms with Crippen LogP contribution in [0.15, 0.2) is 10.2 Å². The molecule has 2 aromatic rings. The van der Waals surface area contributed by atoms with Crippen molar-refractivity contribution in [1.29, 1.82) is 0 Å². The molecular weight excluding hydrogens is 298 g/mol. The number of anilines is 2. The smallest absolute Gasteiger partial charge is 0.304 e. The van der Waals surface area contributed by atoms with Gasteiger partial charge in [-0.05, 0) is 25.4 Å². The first-order valence-electron chi connectivity index (χ1n) is 5.94. The van der Waals surface area contributed by atoms with Gasteiger partial charge in [0.25, 0.3) is 5.91 Å². The predicted octanol–water partition coefficient (Wildman–Crippen LogP) is 1.23. The molecule has 2 rings (SSSR count). The van der Waals surface area contributed by atoms with E-state index < -0.39 is 0 Å². The van der Waals surface area contributed by atoms with E-state index in [1.807, 2.05) is 13.8 Å².